The number of amides is 1. The first-order valence-corrected chi connectivity index (χ1v) is 13.7. The van der Waals surface area contributed by atoms with E-state index in [2.05, 4.69) is 74.6 Å². The predicted molar refractivity (Wildman–Crippen MR) is 158 cm³/mol. The lowest BCUT2D eigenvalue weighted by atomic mass is 9.90. The van der Waals surface area contributed by atoms with Crippen LogP contribution in [-0.4, -0.2) is 44.8 Å². The Balaban J connectivity index is 1.76. The van der Waals surface area contributed by atoms with Gasteiger partial charge in [-0.2, -0.15) is 0 Å². The van der Waals surface area contributed by atoms with E-state index in [4.69, 9.17) is 9.47 Å². The number of unbranched alkanes of at least 4 members (excludes halogenated alkanes) is 3. The molecule has 1 amide bonds. The van der Waals surface area contributed by atoms with Gasteiger partial charge in [-0.25, -0.2) is 4.79 Å². The first-order chi connectivity index (χ1) is 18.5. The average molecular weight is 515 g/mol. The second-order valence-electron chi connectivity index (χ2n) is 9.80. The van der Waals surface area contributed by atoms with E-state index in [1.54, 1.807) is 0 Å². The van der Waals surface area contributed by atoms with Crippen molar-refractivity contribution in [2.45, 2.75) is 46.0 Å². The van der Waals surface area contributed by atoms with Crippen LogP contribution in [0.15, 0.2) is 78.9 Å². The van der Waals surface area contributed by atoms with Crippen LogP contribution in [0.4, 0.5) is 4.79 Å². The molecule has 0 aromatic heterocycles. The number of carbonyl (C=O) groups is 1. The van der Waals surface area contributed by atoms with Crippen LogP contribution >= 0.6 is 0 Å². The second kappa shape index (κ2) is 15.6. The lowest BCUT2D eigenvalue weighted by molar-refractivity contribution is 0.200. The molecule has 202 valence electrons. The number of nitrogens with one attached hydrogen (secondary N) is 1. The molecule has 5 nitrogen and oxygen atoms in total. The van der Waals surface area contributed by atoms with Crippen LogP contribution in [0.3, 0.4) is 0 Å². The number of rotatable bonds is 14. The molecular formula is C33H42N2O3. The maximum Gasteiger partial charge on any atom is 0.412 e. The Morgan fingerprint density at radius 3 is 2.00 bits per heavy atom. The zero-order chi connectivity index (χ0) is 27.2. The highest BCUT2D eigenvalue weighted by Gasteiger charge is 2.12. The molecule has 0 bridgehead atoms. The molecule has 0 radical (unpaired) electrons. The van der Waals surface area contributed by atoms with Crippen molar-refractivity contribution in [3.8, 4) is 11.5 Å². The molecule has 0 aliphatic rings. The Hall–Kier alpha value is -3.57. The number of hydrogen-bond acceptors (Lipinski definition) is 4. The fourth-order valence-electron chi connectivity index (χ4n) is 4.30. The van der Waals surface area contributed by atoms with Crippen LogP contribution in [0.5, 0.6) is 11.5 Å². The Morgan fingerprint density at radius 1 is 0.763 bits per heavy atom. The Morgan fingerprint density at radius 2 is 1.39 bits per heavy atom. The van der Waals surface area contributed by atoms with Gasteiger partial charge in [0, 0.05) is 13.1 Å². The molecule has 0 fully saturated rings. The fraction of sp³-hybridized carbons (Fsp3) is 0.364. The van der Waals surface area contributed by atoms with E-state index >= 15 is 0 Å². The monoisotopic (exact) mass is 514 g/mol. The molecular weight excluding hydrogens is 472 g/mol. The minimum atomic E-state index is -0.411. The minimum Gasteiger partial charge on any atom is -0.494 e. The third kappa shape index (κ3) is 9.38. The number of allylic oxidation sites excluding steroid dienone is 1. The van der Waals surface area contributed by atoms with E-state index in [-0.39, 0.29) is 0 Å². The number of benzene rings is 3. The third-order valence-electron chi connectivity index (χ3n) is 6.40. The molecule has 3 aromatic rings. The quantitative estimate of drug-likeness (QED) is 0.177. The van der Waals surface area contributed by atoms with Crippen molar-refractivity contribution in [2.24, 2.45) is 0 Å². The lowest BCUT2D eigenvalue weighted by Gasteiger charge is -2.16. The molecule has 0 atom stereocenters. The number of hydrogen-bond donors (Lipinski definition) is 1. The van der Waals surface area contributed by atoms with Gasteiger partial charge in [0.2, 0.25) is 0 Å². The number of carbonyl (C=O) groups excluding carboxylic acids is 1. The van der Waals surface area contributed by atoms with E-state index in [1.807, 2.05) is 42.5 Å². The van der Waals surface area contributed by atoms with Crippen LogP contribution in [0.2, 0.25) is 0 Å². The molecule has 3 rings (SSSR count). The highest BCUT2D eigenvalue weighted by atomic mass is 16.6. The van der Waals surface area contributed by atoms with Gasteiger partial charge in [-0.05, 0) is 86.0 Å². The number of ether oxygens (including phenoxy) is 2. The molecule has 0 spiro atoms. The molecule has 0 aliphatic carbocycles. The van der Waals surface area contributed by atoms with Gasteiger partial charge in [0.25, 0.3) is 0 Å². The largest absolute Gasteiger partial charge is 0.494 e. The maximum atomic E-state index is 12.2. The fourth-order valence-corrected chi connectivity index (χ4v) is 4.30. The number of nitrogens with zero attached hydrogens (tertiary/aromatic N) is 1. The van der Waals surface area contributed by atoms with Gasteiger partial charge in [-0.3, -0.25) is 0 Å². The van der Waals surface area contributed by atoms with Gasteiger partial charge >= 0.3 is 6.09 Å². The Labute approximate surface area is 228 Å². The van der Waals surface area contributed by atoms with Crippen molar-refractivity contribution >= 4 is 17.2 Å². The van der Waals surface area contributed by atoms with Crippen LogP contribution in [0.1, 0.15) is 62.6 Å². The van der Waals surface area contributed by atoms with Crippen molar-refractivity contribution in [3.05, 3.63) is 95.6 Å². The highest BCUT2D eigenvalue weighted by molar-refractivity contribution is 5.98. The smallest absolute Gasteiger partial charge is 0.412 e. The van der Waals surface area contributed by atoms with Crippen LogP contribution in [0.25, 0.3) is 11.1 Å². The lowest BCUT2D eigenvalue weighted by Crippen LogP contribution is -2.27. The Kier molecular flexibility index (Phi) is 11.9. The van der Waals surface area contributed by atoms with Gasteiger partial charge in [-0.1, -0.05) is 80.8 Å². The molecule has 38 heavy (non-hydrogen) atoms. The summed E-state index contributed by atoms with van der Waals surface area (Å²) in [6.45, 7) is 6.65. The average Bonchev–Trinajstić information content (AvgIpc) is 2.93. The summed E-state index contributed by atoms with van der Waals surface area (Å²) in [5.41, 5.74) is 5.61. The van der Waals surface area contributed by atoms with Gasteiger partial charge in [-0.15, -0.1) is 0 Å². The highest BCUT2D eigenvalue weighted by Crippen LogP contribution is 2.33. The standard InChI is InChI=1S/C33H42N2O3/c1-5-6-7-11-23-34-33(36)38-31-21-17-29(18-22-31)32(26(2)27-13-9-8-10-14-27)28-15-19-30(20-16-28)37-25-12-24-35(3)4/h8-10,13-22H,5-7,11-12,23-25H2,1-4H3,(H,34,36)/b32-26+. The third-order valence-corrected chi connectivity index (χ3v) is 6.40. The first kappa shape index (κ1) is 29.0. The van der Waals surface area contributed by atoms with E-state index in [0.717, 1.165) is 53.8 Å². The summed E-state index contributed by atoms with van der Waals surface area (Å²) >= 11 is 0. The summed E-state index contributed by atoms with van der Waals surface area (Å²) in [4.78, 5) is 14.3. The molecule has 0 unspecified atom stereocenters. The van der Waals surface area contributed by atoms with Crippen LogP contribution < -0.4 is 14.8 Å². The molecule has 5 heteroatoms. The van der Waals surface area contributed by atoms with Crippen molar-refractivity contribution in [3.63, 3.8) is 0 Å². The summed E-state index contributed by atoms with van der Waals surface area (Å²) in [6.07, 6.45) is 5.01. The van der Waals surface area contributed by atoms with Gasteiger partial charge < -0.3 is 19.7 Å². The predicted octanol–water partition coefficient (Wildman–Crippen LogP) is 7.66. The summed E-state index contributed by atoms with van der Waals surface area (Å²) in [5, 5.41) is 2.84. The minimum absolute atomic E-state index is 0.411. The molecule has 0 saturated heterocycles. The first-order valence-electron chi connectivity index (χ1n) is 13.7. The van der Waals surface area contributed by atoms with Gasteiger partial charge in [0.15, 0.2) is 0 Å². The zero-order valence-corrected chi connectivity index (χ0v) is 23.3. The second-order valence-corrected chi connectivity index (χ2v) is 9.80. The summed E-state index contributed by atoms with van der Waals surface area (Å²) in [6, 6.07) is 26.4. The SMILES string of the molecule is CCCCCCNC(=O)Oc1ccc(/C(=C(\C)c2ccccc2)c2ccc(OCCCN(C)C)cc2)cc1. The van der Waals surface area contributed by atoms with Crippen LogP contribution in [-0.2, 0) is 0 Å². The molecule has 0 saturated carbocycles. The van der Waals surface area contributed by atoms with Gasteiger partial charge in [0.05, 0.1) is 6.61 Å². The molecule has 1 N–H and O–H groups in total. The van der Waals surface area contributed by atoms with Crippen LogP contribution in [0, 0.1) is 0 Å². The Bertz CT molecular complexity index is 1140. The van der Waals surface area contributed by atoms with E-state index in [1.165, 1.54) is 18.4 Å². The maximum absolute atomic E-state index is 12.2. The van der Waals surface area contributed by atoms with E-state index in [0.29, 0.717) is 18.9 Å². The van der Waals surface area contributed by atoms with E-state index < -0.39 is 6.09 Å². The topological polar surface area (TPSA) is 50.8 Å². The van der Waals surface area contributed by atoms with Gasteiger partial charge in [0.1, 0.15) is 11.5 Å². The summed E-state index contributed by atoms with van der Waals surface area (Å²) in [7, 11) is 4.14. The van der Waals surface area contributed by atoms with Crippen molar-refractivity contribution in [1.82, 2.24) is 10.2 Å². The van der Waals surface area contributed by atoms with E-state index in [9.17, 15) is 4.79 Å². The molecule has 3 aromatic carbocycles. The molecule has 0 heterocycles. The van der Waals surface area contributed by atoms with Crippen molar-refractivity contribution < 1.29 is 14.3 Å². The van der Waals surface area contributed by atoms with Crippen molar-refractivity contribution in [1.29, 1.82) is 0 Å². The summed E-state index contributed by atoms with van der Waals surface area (Å²) in [5.74, 6) is 1.40. The zero-order valence-electron chi connectivity index (χ0n) is 23.3. The normalized spacial score (nSPS) is 11.7. The van der Waals surface area contributed by atoms with Crippen molar-refractivity contribution in [2.75, 3.05) is 33.8 Å². The molecule has 0 aliphatic heterocycles. The summed E-state index contributed by atoms with van der Waals surface area (Å²) < 4.78 is 11.4.